The van der Waals surface area contributed by atoms with Gasteiger partial charge in [0.15, 0.2) is 11.5 Å². The molecule has 0 fully saturated rings. The maximum absolute atomic E-state index is 11.9. The first-order chi connectivity index (χ1) is 10.6. The Hall–Kier alpha value is -2.53. The van der Waals surface area contributed by atoms with Crippen LogP contribution in [0.4, 0.5) is 0 Å². The van der Waals surface area contributed by atoms with E-state index in [-0.39, 0.29) is 5.91 Å². The summed E-state index contributed by atoms with van der Waals surface area (Å²) in [6, 6.07) is 12.0. The number of benzene rings is 2. The predicted molar refractivity (Wildman–Crippen MR) is 86.1 cm³/mol. The fourth-order valence-corrected chi connectivity index (χ4v) is 1.98. The molecule has 0 aliphatic carbocycles. The summed E-state index contributed by atoms with van der Waals surface area (Å²) in [5.41, 5.74) is 3.65. The molecule has 0 heterocycles. The number of carbonyl (C=O) groups excluding carboxylic acids is 1. The molecule has 0 bridgehead atoms. The van der Waals surface area contributed by atoms with Crippen LogP contribution in [-0.2, 0) is 0 Å². The first-order valence-corrected chi connectivity index (χ1v) is 6.83. The molecule has 0 atom stereocenters. The van der Waals surface area contributed by atoms with Gasteiger partial charge in [0.25, 0.3) is 5.91 Å². The summed E-state index contributed by atoms with van der Waals surface area (Å²) < 4.78 is 10.3. The van der Waals surface area contributed by atoms with Crippen LogP contribution in [0.3, 0.4) is 0 Å². The van der Waals surface area contributed by atoms with E-state index in [9.17, 15) is 4.79 Å². The molecule has 1 amide bonds. The number of amides is 1. The number of hydrogen-bond donors (Lipinski definition) is 1. The van der Waals surface area contributed by atoms with Gasteiger partial charge in [0, 0.05) is 10.6 Å². The first-order valence-electron chi connectivity index (χ1n) is 6.45. The first kappa shape index (κ1) is 15.9. The van der Waals surface area contributed by atoms with Gasteiger partial charge in [-0.15, -0.1) is 0 Å². The highest BCUT2D eigenvalue weighted by molar-refractivity contribution is 6.30. The molecule has 0 saturated heterocycles. The van der Waals surface area contributed by atoms with Gasteiger partial charge in [-0.3, -0.25) is 4.79 Å². The fourth-order valence-electron chi connectivity index (χ4n) is 1.79. The molecule has 0 unspecified atom stereocenters. The van der Waals surface area contributed by atoms with Crippen LogP contribution in [0.5, 0.6) is 11.5 Å². The van der Waals surface area contributed by atoms with Crippen molar-refractivity contribution in [3.8, 4) is 11.5 Å². The Morgan fingerprint density at radius 2 is 1.91 bits per heavy atom. The van der Waals surface area contributed by atoms with E-state index in [1.54, 1.807) is 56.7 Å². The SMILES string of the molecule is COc1ccc(C=NNC(=O)c2cccc(Cl)c2)cc1OC. The molecule has 114 valence electrons. The molecule has 0 aliphatic rings. The van der Waals surface area contributed by atoms with Gasteiger partial charge in [0.05, 0.1) is 20.4 Å². The number of rotatable bonds is 5. The molecule has 2 aromatic rings. The van der Waals surface area contributed by atoms with E-state index in [0.29, 0.717) is 22.1 Å². The lowest BCUT2D eigenvalue weighted by Crippen LogP contribution is -2.17. The quantitative estimate of drug-likeness (QED) is 0.680. The molecule has 0 aliphatic heterocycles. The van der Waals surface area contributed by atoms with Crippen molar-refractivity contribution in [2.75, 3.05) is 14.2 Å². The zero-order chi connectivity index (χ0) is 15.9. The standard InChI is InChI=1S/C16H15ClN2O3/c1-21-14-7-6-11(8-15(14)22-2)10-18-19-16(20)12-4-3-5-13(17)9-12/h3-10H,1-2H3,(H,19,20). The molecule has 6 heteroatoms. The summed E-state index contributed by atoms with van der Waals surface area (Å²) in [5, 5.41) is 4.41. The van der Waals surface area contributed by atoms with Crippen molar-refractivity contribution < 1.29 is 14.3 Å². The van der Waals surface area contributed by atoms with Gasteiger partial charge < -0.3 is 9.47 Å². The number of nitrogens with one attached hydrogen (secondary N) is 1. The Morgan fingerprint density at radius 3 is 2.59 bits per heavy atom. The lowest BCUT2D eigenvalue weighted by Gasteiger charge is -2.07. The zero-order valence-electron chi connectivity index (χ0n) is 12.2. The number of carbonyl (C=O) groups is 1. The van der Waals surface area contributed by atoms with Crippen LogP contribution in [0.15, 0.2) is 47.6 Å². The Kier molecular flexibility index (Phi) is 5.38. The van der Waals surface area contributed by atoms with E-state index in [2.05, 4.69) is 10.5 Å². The van der Waals surface area contributed by atoms with Gasteiger partial charge in [-0.1, -0.05) is 17.7 Å². The van der Waals surface area contributed by atoms with E-state index in [4.69, 9.17) is 21.1 Å². The maximum atomic E-state index is 11.9. The number of hydrogen-bond acceptors (Lipinski definition) is 4. The summed E-state index contributed by atoms with van der Waals surface area (Å²) >= 11 is 5.84. The molecule has 2 aromatic carbocycles. The third-order valence-electron chi connectivity index (χ3n) is 2.87. The number of hydrazone groups is 1. The second kappa shape index (κ2) is 7.47. The second-order valence-electron chi connectivity index (χ2n) is 4.32. The third kappa shape index (κ3) is 3.99. The highest BCUT2D eigenvalue weighted by Gasteiger charge is 2.05. The van der Waals surface area contributed by atoms with Gasteiger partial charge in [0.2, 0.25) is 0 Å². The lowest BCUT2D eigenvalue weighted by molar-refractivity contribution is 0.0955. The lowest BCUT2D eigenvalue weighted by atomic mass is 10.2. The zero-order valence-corrected chi connectivity index (χ0v) is 12.9. The molecule has 0 spiro atoms. The van der Waals surface area contributed by atoms with Gasteiger partial charge in [-0.25, -0.2) is 5.43 Å². The van der Waals surface area contributed by atoms with Crippen LogP contribution in [-0.4, -0.2) is 26.3 Å². The largest absolute Gasteiger partial charge is 0.493 e. The van der Waals surface area contributed by atoms with Crippen molar-refractivity contribution >= 4 is 23.7 Å². The van der Waals surface area contributed by atoms with Gasteiger partial charge in [-0.2, -0.15) is 5.10 Å². The summed E-state index contributed by atoms with van der Waals surface area (Å²) in [4.78, 5) is 11.9. The van der Waals surface area contributed by atoms with Crippen molar-refractivity contribution in [3.05, 3.63) is 58.6 Å². The molecular weight excluding hydrogens is 304 g/mol. The summed E-state index contributed by atoms with van der Waals surface area (Å²) in [5.74, 6) is 0.884. The number of ether oxygens (including phenoxy) is 2. The van der Waals surface area contributed by atoms with Crippen LogP contribution >= 0.6 is 11.6 Å². The number of nitrogens with zero attached hydrogens (tertiary/aromatic N) is 1. The van der Waals surface area contributed by atoms with E-state index in [1.807, 2.05) is 0 Å². The molecule has 0 saturated carbocycles. The van der Waals surface area contributed by atoms with Gasteiger partial charge in [-0.05, 0) is 42.0 Å². The number of methoxy groups -OCH3 is 2. The number of halogens is 1. The predicted octanol–water partition coefficient (Wildman–Crippen LogP) is 3.12. The Bertz CT molecular complexity index is 702. The van der Waals surface area contributed by atoms with Crippen LogP contribution in [0.25, 0.3) is 0 Å². The van der Waals surface area contributed by atoms with Crippen molar-refractivity contribution in [1.82, 2.24) is 5.43 Å². The highest BCUT2D eigenvalue weighted by atomic mass is 35.5. The maximum Gasteiger partial charge on any atom is 0.271 e. The Labute approximate surface area is 133 Å². The summed E-state index contributed by atoms with van der Waals surface area (Å²) in [7, 11) is 3.12. The van der Waals surface area contributed by atoms with Crippen molar-refractivity contribution in [2.45, 2.75) is 0 Å². The average molecular weight is 319 g/mol. The minimum Gasteiger partial charge on any atom is -0.493 e. The monoisotopic (exact) mass is 318 g/mol. The average Bonchev–Trinajstić information content (AvgIpc) is 2.54. The van der Waals surface area contributed by atoms with E-state index >= 15 is 0 Å². The minimum atomic E-state index is -0.334. The van der Waals surface area contributed by atoms with Crippen molar-refractivity contribution in [1.29, 1.82) is 0 Å². The molecule has 1 N–H and O–H groups in total. The van der Waals surface area contributed by atoms with Crippen LogP contribution in [0.1, 0.15) is 15.9 Å². The van der Waals surface area contributed by atoms with Crippen LogP contribution < -0.4 is 14.9 Å². The van der Waals surface area contributed by atoms with Crippen molar-refractivity contribution in [3.63, 3.8) is 0 Å². The topological polar surface area (TPSA) is 59.9 Å². The van der Waals surface area contributed by atoms with Gasteiger partial charge in [0.1, 0.15) is 0 Å². The fraction of sp³-hybridized carbons (Fsp3) is 0.125. The summed E-state index contributed by atoms with van der Waals surface area (Å²) in [6.07, 6.45) is 1.52. The highest BCUT2D eigenvalue weighted by Crippen LogP contribution is 2.26. The molecule has 22 heavy (non-hydrogen) atoms. The molecule has 0 aromatic heterocycles. The molecule has 0 radical (unpaired) electrons. The third-order valence-corrected chi connectivity index (χ3v) is 3.11. The Balaban J connectivity index is 2.05. The molecular formula is C16H15ClN2O3. The van der Waals surface area contributed by atoms with Crippen LogP contribution in [0, 0.1) is 0 Å². The van der Waals surface area contributed by atoms with E-state index < -0.39 is 0 Å². The van der Waals surface area contributed by atoms with Gasteiger partial charge >= 0.3 is 0 Å². The minimum absolute atomic E-state index is 0.334. The second-order valence-corrected chi connectivity index (χ2v) is 4.76. The molecule has 2 rings (SSSR count). The normalized spacial score (nSPS) is 10.5. The van der Waals surface area contributed by atoms with Crippen LogP contribution in [0.2, 0.25) is 5.02 Å². The Morgan fingerprint density at radius 1 is 1.14 bits per heavy atom. The van der Waals surface area contributed by atoms with E-state index in [0.717, 1.165) is 5.56 Å². The van der Waals surface area contributed by atoms with Crippen molar-refractivity contribution in [2.24, 2.45) is 5.10 Å². The molecule has 5 nitrogen and oxygen atoms in total. The van der Waals surface area contributed by atoms with E-state index in [1.165, 1.54) is 6.21 Å². The summed E-state index contributed by atoms with van der Waals surface area (Å²) in [6.45, 7) is 0. The smallest absolute Gasteiger partial charge is 0.271 e.